The number of para-hydroxylation sites is 1. The fourth-order valence-electron chi connectivity index (χ4n) is 1.20. The molecule has 0 fully saturated rings. The topological polar surface area (TPSA) is 37.3 Å². The van der Waals surface area contributed by atoms with Gasteiger partial charge in [0.25, 0.3) is 0 Å². The molecule has 0 saturated carbocycles. The zero-order valence-corrected chi connectivity index (χ0v) is 7.36. The van der Waals surface area contributed by atoms with Crippen molar-refractivity contribution in [2.75, 3.05) is 0 Å². The molecule has 0 heterocycles. The highest BCUT2D eigenvalue weighted by Crippen LogP contribution is 2.22. The van der Waals surface area contributed by atoms with Crippen LogP contribution >= 0.6 is 0 Å². The molecule has 0 spiro atoms. The Hall–Kier alpha value is -1.25. The van der Waals surface area contributed by atoms with Gasteiger partial charge in [-0.15, -0.1) is 0 Å². The fraction of sp³-hybridized carbons (Fsp3) is 0.300. The summed E-state index contributed by atoms with van der Waals surface area (Å²) in [5.74, 6) is 0.0888. The van der Waals surface area contributed by atoms with Crippen molar-refractivity contribution in [2.45, 2.75) is 19.2 Å². The quantitative estimate of drug-likeness (QED) is 0.557. The van der Waals surface area contributed by atoms with Crippen molar-refractivity contribution >= 4 is 14.1 Å². The van der Waals surface area contributed by atoms with Crippen molar-refractivity contribution in [2.24, 2.45) is 0 Å². The summed E-state index contributed by atoms with van der Waals surface area (Å²) in [4.78, 5) is 10.5. The van der Waals surface area contributed by atoms with Gasteiger partial charge in [0, 0.05) is 0 Å². The number of carbonyl (C=O) groups is 1. The van der Waals surface area contributed by atoms with Gasteiger partial charge in [0.1, 0.15) is 5.75 Å². The molecule has 1 N–H and O–H groups in total. The first-order valence-electron chi connectivity index (χ1n) is 4.25. The third kappa shape index (κ3) is 2.34. The summed E-state index contributed by atoms with van der Waals surface area (Å²) >= 11 is 0. The average Bonchev–Trinajstić information content (AvgIpc) is 2.16. The Kier molecular flexibility index (Phi) is 3.56. The number of hydrogen-bond acceptors (Lipinski definition) is 2. The Balaban J connectivity index is 2.87. The molecular weight excluding hydrogens is 163 g/mol. The minimum Gasteiger partial charge on any atom is -0.507 e. The minimum atomic E-state index is 0.0888. The summed E-state index contributed by atoms with van der Waals surface area (Å²) in [5.41, 5.74) is 1.13. The van der Waals surface area contributed by atoms with E-state index in [1.165, 1.54) is 0 Å². The Morgan fingerprint density at radius 1 is 1.46 bits per heavy atom. The molecule has 1 rings (SSSR count). The van der Waals surface area contributed by atoms with E-state index in [-0.39, 0.29) is 5.75 Å². The second kappa shape index (κ2) is 4.70. The van der Waals surface area contributed by atoms with Crippen LogP contribution in [-0.4, -0.2) is 19.2 Å². The van der Waals surface area contributed by atoms with Gasteiger partial charge < -0.3 is 5.11 Å². The Labute approximate surface area is 79.0 Å². The monoisotopic (exact) mass is 174 g/mol. The maximum atomic E-state index is 10.5. The first-order chi connectivity index (χ1) is 6.29. The molecular formula is C10H11BO2. The molecule has 0 bridgehead atoms. The SMILES string of the molecule is [B]CCCc1cccc(C=O)c1O. The van der Waals surface area contributed by atoms with Gasteiger partial charge in [0.2, 0.25) is 0 Å². The van der Waals surface area contributed by atoms with Gasteiger partial charge >= 0.3 is 0 Å². The van der Waals surface area contributed by atoms with E-state index >= 15 is 0 Å². The van der Waals surface area contributed by atoms with Crippen LogP contribution in [0.3, 0.4) is 0 Å². The first kappa shape index (κ1) is 9.84. The number of carbonyl (C=O) groups excluding carboxylic acids is 1. The predicted molar refractivity (Wildman–Crippen MR) is 52.4 cm³/mol. The zero-order valence-electron chi connectivity index (χ0n) is 7.36. The van der Waals surface area contributed by atoms with E-state index in [1.54, 1.807) is 18.2 Å². The lowest BCUT2D eigenvalue weighted by Gasteiger charge is -2.04. The average molecular weight is 174 g/mol. The van der Waals surface area contributed by atoms with Crippen LogP contribution in [0.5, 0.6) is 5.75 Å². The third-order valence-corrected chi connectivity index (χ3v) is 1.93. The van der Waals surface area contributed by atoms with Gasteiger partial charge in [-0.2, -0.15) is 0 Å². The molecule has 66 valence electrons. The second-order valence-corrected chi connectivity index (χ2v) is 2.87. The van der Waals surface area contributed by atoms with Crippen molar-refractivity contribution in [1.82, 2.24) is 0 Å². The third-order valence-electron chi connectivity index (χ3n) is 1.93. The standard InChI is InChI=1S/C10H11BO2/c11-6-2-5-8-3-1-4-9(7-12)10(8)13/h1,3-4,7,13H,2,5-6H2. The first-order valence-corrected chi connectivity index (χ1v) is 4.25. The van der Waals surface area contributed by atoms with Crippen LogP contribution in [0, 0.1) is 0 Å². The summed E-state index contributed by atoms with van der Waals surface area (Å²) in [5, 5.41) is 9.54. The van der Waals surface area contributed by atoms with E-state index in [0.717, 1.165) is 12.0 Å². The number of aldehydes is 1. The molecule has 0 aliphatic rings. The molecule has 2 nitrogen and oxygen atoms in total. The van der Waals surface area contributed by atoms with Crippen LogP contribution in [0.4, 0.5) is 0 Å². The highest BCUT2D eigenvalue weighted by Gasteiger charge is 2.04. The molecule has 0 aliphatic heterocycles. The molecule has 3 heteroatoms. The van der Waals surface area contributed by atoms with E-state index < -0.39 is 0 Å². The smallest absolute Gasteiger partial charge is 0.153 e. The summed E-state index contributed by atoms with van der Waals surface area (Å²) < 4.78 is 0. The summed E-state index contributed by atoms with van der Waals surface area (Å²) in [7, 11) is 5.35. The van der Waals surface area contributed by atoms with Crippen LogP contribution in [0.15, 0.2) is 18.2 Å². The van der Waals surface area contributed by atoms with Crippen LogP contribution in [-0.2, 0) is 6.42 Å². The molecule has 13 heavy (non-hydrogen) atoms. The van der Waals surface area contributed by atoms with Crippen LogP contribution in [0.25, 0.3) is 0 Å². The Morgan fingerprint density at radius 3 is 2.85 bits per heavy atom. The molecule has 0 atom stereocenters. The van der Waals surface area contributed by atoms with Crippen LogP contribution in [0.1, 0.15) is 22.3 Å². The fourth-order valence-corrected chi connectivity index (χ4v) is 1.20. The number of hydrogen-bond donors (Lipinski definition) is 1. The lowest BCUT2D eigenvalue weighted by atomic mass is 9.96. The van der Waals surface area contributed by atoms with E-state index in [0.29, 0.717) is 24.6 Å². The number of rotatable bonds is 4. The largest absolute Gasteiger partial charge is 0.507 e. The molecule has 0 saturated heterocycles. The maximum Gasteiger partial charge on any atom is 0.153 e. The van der Waals surface area contributed by atoms with Crippen molar-refractivity contribution in [3.05, 3.63) is 29.3 Å². The molecule has 1 aromatic rings. The Morgan fingerprint density at radius 2 is 2.23 bits per heavy atom. The van der Waals surface area contributed by atoms with Gasteiger partial charge in [0.15, 0.2) is 6.29 Å². The van der Waals surface area contributed by atoms with Crippen molar-refractivity contribution in [3.8, 4) is 5.75 Å². The Bertz CT molecular complexity index is 297. The lowest BCUT2D eigenvalue weighted by Crippen LogP contribution is -1.90. The normalized spacial score (nSPS) is 9.85. The summed E-state index contributed by atoms with van der Waals surface area (Å²) in [6.07, 6.45) is 2.77. The number of benzene rings is 1. The van der Waals surface area contributed by atoms with Crippen molar-refractivity contribution in [3.63, 3.8) is 0 Å². The van der Waals surface area contributed by atoms with Gasteiger partial charge in [0.05, 0.1) is 13.4 Å². The molecule has 2 radical (unpaired) electrons. The molecule has 0 aromatic heterocycles. The summed E-state index contributed by atoms with van der Waals surface area (Å²) in [6.45, 7) is 0. The summed E-state index contributed by atoms with van der Waals surface area (Å²) in [6, 6.07) is 5.15. The van der Waals surface area contributed by atoms with Crippen LogP contribution < -0.4 is 0 Å². The number of phenolic OH excluding ortho intramolecular Hbond substituents is 1. The highest BCUT2D eigenvalue weighted by atomic mass is 16.3. The van der Waals surface area contributed by atoms with Gasteiger partial charge in [-0.3, -0.25) is 4.79 Å². The van der Waals surface area contributed by atoms with Gasteiger partial charge in [-0.05, 0) is 18.1 Å². The predicted octanol–water partition coefficient (Wildman–Crippen LogP) is 1.72. The van der Waals surface area contributed by atoms with E-state index in [9.17, 15) is 9.90 Å². The minimum absolute atomic E-state index is 0.0888. The van der Waals surface area contributed by atoms with Crippen LogP contribution in [0.2, 0.25) is 6.32 Å². The lowest BCUT2D eigenvalue weighted by molar-refractivity contribution is 0.112. The van der Waals surface area contributed by atoms with E-state index in [1.807, 2.05) is 0 Å². The van der Waals surface area contributed by atoms with Gasteiger partial charge in [-0.1, -0.05) is 24.9 Å². The van der Waals surface area contributed by atoms with Crippen molar-refractivity contribution < 1.29 is 9.90 Å². The number of aryl methyl sites for hydroxylation is 1. The van der Waals surface area contributed by atoms with Crippen molar-refractivity contribution in [1.29, 1.82) is 0 Å². The van der Waals surface area contributed by atoms with E-state index in [4.69, 9.17) is 7.85 Å². The number of aromatic hydroxyl groups is 1. The molecule has 1 aromatic carbocycles. The zero-order chi connectivity index (χ0) is 9.68. The van der Waals surface area contributed by atoms with Gasteiger partial charge in [-0.25, -0.2) is 0 Å². The molecule has 0 amide bonds. The number of phenols is 1. The second-order valence-electron chi connectivity index (χ2n) is 2.87. The highest BCUT2D eigenvalue weighted by molar-refractivity contribution is 6.08. The molecule has 0 aliphatic carbocycles. The van der Waals surface area contributed by atoms with E-state index in [2.05, 4.69) is 0 Å². The maximum absolute atomic E-state index is 10.5. The molecule has 0 unspecified atom stereocenters.